The van der Waals surface area contributed by atoms with Crippen molar-refractivity contribution in [2.45, 2.75) is 32.6 Å². The molecule has 20 heavy (non-hydrogen) atoms. The number of hydrogen-bond acceptors (Lipinski definition) is 3. The lowest BCUT2D eigenvalue weighted by Gasteiger charge is -2.42. The van der Waals surface area contributed by atoms with Crippen molar-refractivity contribution in [2.75, 3.05) is 32.1 Å². The monoisotopic (exact) mass is 276 g/mol. The van der Waals surface area contributed by atoms with Crippen LogP contribution in [0.1, 0.15) is 32.6 Å². The Labute approximate surface area is 123 Å². The molecule has 1 fully saturated rings. The molecule has 0 saturated heterocycles. The summed E-state index contributed by atoms with van der Waals surface area (Å²) in [7, 11) is 3.88. The smallest absolute Gasteiger partial charge is 0.142 e. The molecule has 0 aliphatic heterocycles. The molecule has 0 spiro atoms. The van der Waals surface area contributed by atoms with Crippen molar-refractivity contribution in [1.29, 1.82) is 0 Å². The molecule has 2 unspecified atom stereocenters. The Morgan fingerprint density at radius 1 is 1.40 bits per heavy atom. The molecule has 2 atom stereocenters. The van der Waals surface area contributed by atoms with Crippen LogP contribution in [-0.2, 0) is 0 Å². The largest absolute Gasteiger partial charge is 0.495 e. The van der Waals surface area contributed by atoms with E-state index in [1.807, 2.05) is 12.1 Å². The maximum atomic E-state index is 6.14. The average molecular weight is 276 g/mol. The van der Waals surface area contributed by atoms with Gasteiger partial charge in [-0.3, -0.25) is 0 Å². The molecule has 1 aromatic rings. The van der Waals surface area contributed by atoms with Gasteiger partial charge in [-0.15, -0.1) is 0 Å². The second kappa shape index (κ2) is 6.49. The van der Waals surface area contributed by atoms with Crippen LogP contribution >= 0.6 is 0 Å². The highest BCUT2D eigenvalue weighted by atomic mass is 16.5. The number of ether oxygens (including phenoxy) is 1. The third-order valence-electron chi connectivity index (χ3n) is 4.69. The quantitative estimate of drug-likeness (QED) is 0.897. The fourth-order valence-electron chi connectivity index (χ4n) is 3.70. The molecule has 1 aliphatic carbocycles. The highest BCUT2D eigenvalue weighted by Gasteiger charge is 2.35. The van der Waals surface area contributed by atoms with E-state index in [0.29, 0.717) is 0 Å². The molecule has 0 bridgehead atoms. The van der Waals surface area contributed by atoms with Gasteiger partial charge in [0.05, 0.1) is 12.8 Å². The molecule has 0 amide bonds. The van der Waals surface area contributed by atoms with Gasteiger partial charge in [0.15, 0.2) is 0 Å². The van der Waals surface area contributed by atoms with Crippen molar-refractivity contribution in [3.8, 4) is 5.75 Å². The molecule has 2 rings (SSSR count). The highest BCUT2D eigenvalue weighted by molar-refractivity contribution is 5.58. The fraction of sp³-hybridized carbons (Fsp3) is 0.647. The van der Waals surface area contributed by atoms with Crippen molar-refractivity contribution in [1.82, 2.24) is 0 Å². The van der Waals surface area contributed by atoms with E-state index in [1.54, 1.807) is 7.11 Å². The molecule has 3 nitrogen and oxygen atoms in total. The minimum Gasteiger partial charge on any atom is -0.495 e. The first kappa shape index (κ1) is 15.2. The number of nitrogens with two attached hydrogens (primary N) is 1. The zero-order valence-corrected chi connectivity index (χ0v) is 13.1. The SMILES string of the molecule is COc1ccccc1N(C)CC1(CN)CCCC(C)C1. The van der Waals surface area contributed by atoms with Gasteiger partial charge in [-0.1, -0.05) is 31.9 Å². The van der Waals surface area contributed by atoms with Gasteiger partial charge < -0.3 is 15.4 Å². The second-order valence-corrected chi connectivity index (χ2v) is 6.43. The van der Waals surface area contributed by atoms with Gasteiger partial charge >= 0.3 is 0 Å². The van der Waals surface area contributed by atoms with E-state index in [9.17, 15) is 0 Å². The van der Waals surface area contributed by atoms with Crippen LogP contribution in [0.3, 0.4) is 0 Å². The molecule has 0 radical (unpaired) electrons. The van der Waals surface area contributed by atoms with E-state index < -0.39 is 0 Å². The fourth-order valence-corrected chi connectivity index (χ4v) is 3.70. The van der Waals surface area contributed by atoms with Gasteiger partial charge in [0, 0.05) is 19.0 Å². The van der Waals surface area contributed by atoms with Crippen molar-refractivity contribution in [3.63, 3.8) is 0 Å². The molecule has 2 N–H and O–H groups in total. The van der Waals surface area contributed by atoms with E-state index in [4.69, 9.17) is 10.5 Å². The van der Waals surface area contributed by atoms with E-state index in [0.717, 1.165) is 30.4 Å². The van der Waals surface area contributed by atoms with E-state index in [1.165, 1.54) is 25.7 Å². The lowest BCUT2D eigenvalue weighted by molar-refractivity contribution is 0.161. The number of methoxy groups -OCH3 is 1. The predicted octanol–water partition coefficient (Wildman–Crippen LogP) is 3.29. The molecular weight excluding hydrogens is 248 g/mol. The number of nitrogens with zero attached hydrogens (tertiary/aromatic N) is 1. The Morgan fingerprint density at radius 2 is 2.15 bits per heavy atom. The minimum atomic E-state index is 0.257. The van der Waals surface area contributed by atoms with Gasteiger partial charge in [-0.2, -0.15) is 0 Å². The van der Waals surface area contributed by atoms with Crippen molar-refractivity contribution in [2.24, 2.45) is 17.1 Å². The summed E-state index contributed by atoms with van der Waals surface area (Å²) in [5.74, 6) is 1.73. The zero-order chi connectivity index (χ0) is 14.6. The van der Waals surface area contributed by atoms with Crippen molar-refractivity contribution < 1.29 is 4.74 Å². The number of hydrogen-bond donors (Lipinski definition) is 1. The first-order valence-electron chi connectivity index (χ1n) is 7.64. The first-order valence-corrected chi connectivity index (χ1v) is 7.64. The van der Waals surface area contributed by atoms with Crippen LogP contribution in [0, 0.1) is 11.3 Å². The van der Waals surface area contributed by atoms with E-state index in [-0.39, 0.29) is 5.41 Å². The van der Waals surface area contributed by atoms with Crippen molar-refractivity contribution in [3.05, 3.63) is 24.3 Å². The lowest BCUT2D eigenvalue weighted by Crippen LogP contribution is -2.44. The molecule has 0 heterocycles. The Kier molecular flexibility index (Phi) is 4.92. The van der Waals surface area contributed by atoms with E-state index in [2.05, 4.69) is 31.0 Å². The maximum absolute atomic E-state index is 6.14. The Bertz CT molecular complexity index is 435. The van der Waals surface area contributed by atoms with Gasteiger partial charge in [0.25, 0.3) is 0 Å². The Morgan fingerprint density at radius 3 is 2.80 bits per heavy atom. The Hall–Kier alpha value is -1.22. The summed E-state index contributed by atoms with van der Waals surface area (Å²) in [5, 5.41) is 0. The van der Waals surface area contributed by atoms with Gasteiger partial charge in [-0.05, 0) is 37.4 Å². The van der Waals surface area contributed by atoms with Crippen molar-refractivity contribution >= 4 is 5.69 Å². The number of anilines is 1. The third-order valence-corrected chi connectivity index (χ3v) is 4.69. The normalized spacial score (nSPS) is 26.3. The molecule has 3 heteroatoms. The lowest BCUT2D eigenvalue weighted by atomic mass is 9.69. The predicted molar refractivity (Wildman–Crippen MR) is 85.4 cm³/mol. The topological polar surface area (TPSA) is 38.5 Å². The van der Waals surface area contributed by atoms with Crippen LogP contribution in [0.5, 0.6) is 5.75 Å². The molecule has 1 aromatic carbocycles. The first-order chi connectivity index (χ1) is 9.60. The highest BCUT2D eigenvalue weighted by Crippen LogP contribution is 2.40. The standard InChI is InChI=1S/C17H28N2O/c1-14-7-6-10-17(11-14,12-18)13-19(2)15-8-4-5-9-16(15)20-3/h4-5,8-9,14H,6-7,10-13,18H2,1-3H3. The maximum Gasteiger partial charge on any atom is 0.142 e. The van der Waals surface area contributed by atoms with Crippen LogP contribution in [0.25, 0.3) is 0 Å². The van der Waals surface area contributed by atoms with Gasteiger partial charge in [0.2, 0.25) is 0 Å². The summed E-state index contributed by atoms with van der Waals surface area (Å²) < 4.78 is 5.47. The molecule has 1 aliphatic rings. The minimum absolute atomic E-state index is 0.257. The summed E-state index contributed by atoms with van der Waals surface area (Å²) in [4.78, 5) is 2.31. The second-order valence-electron chi connectivity index (χ2n) is 6.43. The Balaban J connectivity index is 2.14. The van der Waals surface area contributed by atoms with Gasteiger partial charge in [0.1, 0.15) is 5.75 Å². The molecule has 0 aromatic heterocycles. The summed E-state index contributed by atoms with van der Waals surface area (Å²) >= 11 is 0. The molecular formula is C17H28N2O. The van der Waals surface area contributed by atoms with E-state index >= 15 is 0 Å². The van der Waals surface area contributed by atoms with Gasteiger partial charge in [-0.25, -0.2) is 0 Å². The number of rotatable bonds is 5. The summed E-state index contributed by atoms with van der Waals surface area (Å²) in [6.45, 7) is 4.14. The number of para-hydroxylation sites is 2. The molecule has 112 valence electrons. The van der Waals surface area contributed by atoms with Crippen LogP contribution in [0.15, 0.2) is 24.3 Å². The van der Waals surface area contributed by atoms with Crippen LogP contribution in [0.4, 0.5) is 5.69 Å². The third kappa shape index (κ3) is 3.26. The zero-order valence-electron chi connectivity index (χ0n) is 13.1. The van der Waals surface area contributed by atoms with Crippen LogP contribution in [-0.4, -0.2) is 27.2 Å². The summed E-state index contributed by atoms with van der Waals surface area (Å²) in [5.41, 5.74) is 7.55. The van der Waals surface area contributed by atoms with Crippen LogP contribution in [0.2, 0.25) is 0 Å². The summed E-state index contributed by atoms with van der Waals surface area (Å²) in [6, 6.07) is 8.21. The molecule has 1 saturated carbocycles. The number of benzene rings is 1. The average Bonchev–Trinajstić information content (AvgIpc) is 2.47. The van der Waals surface area contributed by atoms with Crippen LogP contribution < -0.4 is 15.4 Å². The summed E-state index contributed by atoms with van der Waals surface area (Å²) in [6.07, 6.45) is 5.13.